The van der Waals surface area contributed by atoms with Crippen LogP contribution in [0.2, 0.25) is 13.1 Å². The largest absolute Gasteiger partial charge is 0.416 e. The van der Waals surface area contributed by atoms with Crippen molar-refractivity contribution in [2.24, 2.45) is 39.9 Å². The van der Waals surface area contributed by atoms with E-state index in [1.54, 1.807) is 0 Å². The van der Waals surface area contributed by atoms with Crippen LogP contribution in [0.1, 0.15) is 72.6 Å². The van der Waals surface area contributed by atoms with Gasteiger partial charge in [-0.3, -0.25) is 4.79 Å². The van der Waals surface area contributed by atoms with E-state index < -0.39 is 14.5 Å². The van der Waals surface area contributed by atoms with Crippen LogP contribution < -0.4 is 0 Å². The summed E-state index contributed by atoms with van der Waals surface area (Å²) in [6, 6.07) is 0. The summed E-state index contributed by atoms with van der Waals surface area (Å²) in [5.41, 5.74) is 0.986. The Hall–Kier alpha value is -0.743. The summed E-state index contributed by atoms with van der Waals surface area (Å²) in [7, 11) is -1.29. The molecule has 0 spiro atoms. The third-order valence-electron chi connectivity index (χ3n) is 9.31. The first kappa shape index (κ1) is 21.5. The molecule has 4 rings (SSSR count). The van der Waals surface area contributed by atoms with Gasteiger partial charge in [0.15, 0.2) is 9.04 Å². The maximum Gasteiger partial charge on any atom is 0.171 e. The maximum absolute atomic E-state index is 13.0. The Labute approximate surface area is 178 Å². The molecule has 0 radical (unpaired) electrons. The van der Waals surface area contributed by atoms with Gasteiger partial charge in [-0.15, -0.1) is 0 Å². The third kappa shape index (κ3) is 3.15. The minimum absolute atomic E-state index is 0.0187. The molecule has 0 aromatic heterocycles. The molecule has 0 N–H and O–H groups in total. The summed E-state index contributed by atoms with van der Waals surface area (Å²) in [5, 5.41) is 0. The fourth-order valence-corrected chi connectivity index (χ4v) is 8.57. The van der Waals surface area contributed by atoms with Crippen molar-refractivity contribution in [3.63, 3.8) is 0 Å². The van der Waals surface area contributed by atoms with E-state index in [0.29, 0.717) is 29.5 Å². The number of hydrogen-bond donors (Lipinski definition) is 0. The van der Waals surface area contributed by atoms with Gasteiger partial charge in [0.05, 0.1) is 11.5 Å². The van der Waals surface area contributed by atoms with Gasteiger partial charge >= 0.3 is 0 Å². The van der Waals surface area contributed by atoms with E-state index in [2.05, 4.69) is 46.9 Å². The van der Waals surface area contributed by atoms with Crippen molar-refractivity contribution in [1.82, 2.24) is 0 Å². The molecule has 4 aliphatic carbocycles. The molecule has 0 aromatic rings. The van der Waals surface area contributed by atoms with Crippen molar-refractivity contribution in [2.75, 3.05) is 0 Å². The standard InChI is InChI=1S/C25H40O3Si/c1-23(2,3)17-13-16-7-8-18-19-9-10-21(27)24(19,4)12-11-20(18)25(16,15-26)22(14-17)28-29(5)6/h7,15,17-20,22,29H,8-14H2,1-6H3/t17?,18-,19-,20-,22?,24-,25-/m0/s1. The zero-order chi connectivity index (χ0) is 21.2. The van der Waals surface area contributed by atoms with Crippen molar-refractivity contribution >= 4 is 21.1 Å². The van der Waals surface area contributed by atoms with Crippen molar-refractivity contribution in [1.29, 1.82) is 0 Å². The van der Waals surface area contributed by atoms with Crippen LogP contribution in [0.15, 0.2) is 11.6 Å². The molecule has 4 aliphatic rings. The van der Waals surface area contributed by atoms with E-state index >= 15 is 0 Å². The van der Waals surface area contributed by atoms with Gasteiger partial charge in [-0.2, -0.15) is 0 Å². The zero-order valence-corrected chi connectivity index (χ0v) is 20.4. The summed E-state index contributed by atoms with van der Waals surface area (Å²) < 4.78 is 6.69. The Kier molecular flexibility index (Phi) is 5.30. The summed E-state index contributed by atoms with van der Waals surface area (Å²) in [6.07, 6.45) is 10.5. The quantitative estimate of drug-likeness (QED) is 0.354. The number of carbonyl (C=O) groups is 2. The molecule has 0 aromatic carbocycles. The Morgan fingerprint density at radius 2 is 1.93 bits per heavy atom. The first-order valence-corrected chi connectivity index (χ1v) is 14.7. The minimum atomic E-state index is -1.29. The fourth-order valence-electron chi connectivity index (χ4n) is 7.58. The Bertz CT molecular complexity index is 720. The number of allylic oxidation sites excluding steroid dienone is 1. The molecule has 3 nitrogen and oxygen atoms in total. The van der Waals surface area contributed by atoms with Gasteiger partial charge in [-0.25, -0.2) is 0 Å². The first-order chi connectivity index (χ1) is 13.5. The second-order valence-electron chi connectivity index (χ2n) is 12.0. The van der Waals surface area contributed by atoms with E-state index in [1.807, 2.05) is 0 Å². The normalized spacial score (nSPS) is 44.7. The number of rotatable bonds is 3. The highest BCUT2D eigenvalue weighted by Crippen LogP contribution is 2.65. The molecule has 7 atom stereocenters. The summed E-state index contributed by atoms with van der Waals surface area (Å²) >= 11 is 0. The Morgan fingerprint density at radius 1 is 1.21 bits per heavy atom. The van der Waals surface area contributed by atoms with E-state index in [-0.39, 0.29) is 16.9 Å². The van der Waals surface area contributed by atoms with E-state index in [1.165, 1.54) is 11.9 Å². The molecule has 2 unspecified atom stereocenters. The Balaban J connectivity index is 1.77. The molecule has 0 saturated heterocycles. The SMILES string of the molecule is C[SiH](C)OC1CC(C(C)(C)C)CC2=CC[C@H]3[C@@H]4CCC(=O)[C@@]4(C)CC[C@@H]3[C@]21C=O. The lowest BCUT2D eigenvalue weighted by Gasteiger charge is -2.59. The number of ketones is 1. The van der Waals surface area contributed by atoms with Crippen LogP contribution in [-0.2, 0) is 14.0 Å². The van der Waals surface area contributed by atoms with Crippen LogP contribution in [0.5, 0.6) is 0 Å². The molecule has 0 aliphatic heterocycles. The van der Waals surface area contributed by atoms with Crippen molar-refractivity contribution in [3.05, 3.63) is 11.6 Å². The average Bonchev–Trinajstić information content (AvgIpc) is 2.95. The number of carbonyl (C=O) groups excluding carboxylic acids is 2. The van der Waals surface area contributed by atoms with Crippen LogP contribution in [0.3, 0.4) is 0 Å². The van der Waals surface area contributed by atoms with Gasteiger partial charge in [0, 0.05) is 11.8 Å². The minimum Gasteiger partial charge on any atom is -0.416 e. The van der Waals surface area contributed by atoms with Gasteiger partial charge in [0.1, 0.15) is 12.1 Å². The molecule has 29 heavy (non-hydrogen) atoms. The smallest absolute Gasteiger partial charge is 0.171 e. The number of fused-ring (bicyclic) bond motifs is 5. The molecular formula is C25H40O3Si. The first-order valence-electron chi connectivity index (χ1n) is 11.9. The zero-order valence-electron chi connectivity index (χ0n) is 19.3. The monoisotopic (exact) mass is 416 g/mol. The second kappa shape index (κ2) is 7.15. The van der Waals surface area contributed by atoms with Crippen LogP contribution in [0.25, 0.3) is 0 Å². The van der Waals surface area contributed by atoms with Crippen LogP contribution in [-0.4, -0.2) is 27.2 Å². The molecule has 0 amide bonds. The fraction of sp³-hybridized carbons (Fsp3) is 0.840. The number of hydrogen-bond acceptors (Lipinski definition) is 3. The predicted octanol–water partition coefficient (Wildman–Crippen LogP) is 5.34. The molecule has 162 valence electrons. The molecular weight excluding hydrogens is 376 g/mol. The lowest BCUT2D eigenvalue weighted by atomic mass is 9.46. The van der Waals surface area contributed by atoms with Gasteiger partial charge in [0.25, 0.3) is 0 Å². The molecule has 0 bridgehead atoms. The van der Waals surface area contributed by atoms with Gasteiger partial charge < -0.3 is 9.22 Å². The highest BCUT2D eigenvalue weighted by Gasteiger charge is 2.63. The van der Waals surface area contributed by atoms with Crippen LogP contribution in [0.4, 0.5) is 0 Å². The van der Waals surface area contributed by atoms with E-state index in [9.17, 15) is 9.59 Å². The number of Topliss-reactive ketones (excluding diaryl/α,β-unsaturated/α-hetero) is 1. The van der Waals surface area contributed by atoms with Gasteiger partial charge in [-0.1, -0.05) is 39.3 Å². The summed E-state index contributed by atoms with van der Waals surface area (Å²) in [4.78, 5) is 25.7. The Morgan fingerprint density at radius 3 is 2.55 bits per heavy atom. The maximum atomic E-state index is 13.0. The number of aldehydes is 1. The molecule has 3 fully saturated rings. The van der Waals surface area contributed by atoms with Crippen molar-refractivity contribution in [3.8, 4) is 0 Å². The predicted molar refractivity (Wildman–Crippen MR) is 119 cm³/mol. The third-order valence-corrected chi connectivity index (χ3v) is 10.2. The lowest BCUT2D eigenvalue weighted by Crippen LogP contribution is -2.59. The molecule has 3 saturated carbocycles. The van der Waals surface area contributed by atoms with Crippen LogP contribution >= 0.6 is 0 Å². The molecule has 4 heteroatoms. The van der Waals surface area contributed by atoms with E-state index in [0.717, 1.165) is 44.9 Å². The average molecular weight is 417 g/mol. The van der Waals surface area contributed by atoms with Gasteiger partial charge in [0.2, 0.25) is 0 Å². The highest BCUT2D eigenvalue weighted by molar-refractivity contribution is 6.48. The lowest BCUT2D eigenvalue weighted by molar-refractivity contribution is -0.143. The summed E-state index contributed by atoms with van der Waals surface area (Å²) in [6.45, 7) is 13.7. The van der Waals surface area contributed by atoms with Crippen LogP contribution in [0, 0.1) is 39.9 Å². The van der Waals surface area contributed by atoms with Crippen molar-refractivity contribution < 1.29 is 14.0 Å². The second-order valence-corrected chi connectivity index (χ2v) is 14.4. The van der Waals surface area contributed by atoms with E-state index in [4.69, 9.17) is 4.43 Å². The van der Waals surface area contributed by atoms with Gasteiger partial charge in [-0.05, 0) is 80.7 Å². The highest BCUT2D eigenvalue weighted by atomic mass is 28.3. The topological polar surface area (TPSA) is 43.4 Å². The van der Waals surface area contributed by atoms with Crippen molar-refractivity contribution in [2.45, 2.75) is 91.8 Å². The molecule has 0 heterocycles. The summed E-state index contributed by atoms with van der Waals surface area (Å²) in [5.74, 6) is 2.27.